The average molecular weight is 178 g/mol. The minimum atomic E-state index is 0.790. The van der Waals surface area contributed by atoms with Crippen LogP contribution in [0.15, 0.2) is 41.8 Å². The van der Waals surface area contributed by atoms with Crippen molar-refractivity contribution in [3.63, 3.8) is 0 Å². The van der Waals surface area contributed by atoms with Gasteiger partial charge in [-0.15, -0.1) is 11.8 Å². The van der Waals surface area contributed by atoms with Crippen molar-refractivity contribution in [1.82, 2.24) is 0 Å². The lowest BCUT2D eigenvalue weighted by molar-refractivity contribution is -0.104. The van der Waals surface area contributed by atoms with Crippen LogP contribution in [0.4, 0.5) is 0 Å². The molecule has 1 rings (SSSR count). The van der Waals surface area contributed by atoms with Crippen molar-refractivity contribution < 1.29 is 4.79 Å². The van der Waals surface area contributed by atoms with Gasteiger partial charge in [-0.05, 0) is 17.0 Å². The van der Waals surface area contributed by atoms with Crippen molar-refractivity contribution in [3.05, 3.63) is 47.4 Å². The molecule has 0 aliphatic rings. The summed E-state index contributed by atoms with van der Waals surface area (Å²) < 4.78 is 0. The summed E-state index contributed by atoms with van der Waals surface area (Å²) in [6.07, 6.45) is 2.30. The molecule has 0 amide bonds. The van der Waals surface area contributed by atoms with E-state index >= 15 is 0 Å². The predicted molar refractivity (Wildman–Crippen MR) is 52.9 cm³/mol. The van der Waals surface area contributed by atoms with Gasteiger partial charge in [-0.25, -0.2) is 0 Å². The number of benzene rings is 1. The van der Waals surface area contributed by atoms with Crippen LogP contribution >= 0.6 is 11.8 Å². The molecule has 0 saturated heterocycles. The lowest BCUT2D eigenvalue weighted by Crippen LogP contribution is -1.75. The minimum absolute atomic E-state index is 0.790. The Labute approximate surface area is 76.5 Å². The van der Waals surface area contributed by atoms with Crippen molar-refractivity contribution in [2.45, 2.75) is 5.75 Å². The number of allylic oxidation sites excluding steroid dienone is 1. The Morgan fingerprint density at radius 3 is 2.67 bits per heavy atom. The van der Waals surface area contributed by atoms with Gasteiger partial charge in [0.2, 0.25) is 0 Å². The Hall–Kier alpha value is -1.02. The molecule has 1 aromatic carbocycles. The second kappa shape index (κ2) is 5.61. The zero-order valence-corrected chi connectivity index (χ0v) is 7.46. The summed E-state index contributed by atoms with van der Waals surface area (Å²) in [5.41, 5.74) is 1.28. The predicted octanol–water partition coefficient (Wildman–Crippen LogP) is 2.63. The third-order valence-electron chi connectivity index (χ3n) is 1.35. The highest BCUT2D eigenvalue weighted by Gasteiger charge is 1.87. The van der Waals surface area contributed by atoms with Crippen LogP contribution in [0.2, 0.25) is 0 Å². The highest BCUT2D eigenvalue weighted by molar-refractivity contribution is 8.01. The average Bonchev–Trinajstić information content (AvgIpc) is 2.14. The first-order valence-electron chi connectivity index (χ1n) is 3.69. The Bertz CT molecular complexity index is 254. The highest BCUT2D eigenvalue weighted by Crippen LogP contribution is 2.11. The van der Waals surface area contributed by atoms with E-state index in [2.05, 4.69) is 12.1 Å². The number of aldehydes is 1. The highest BCUT2D eigenvalue weighted by atomic mass is 32.2. The van der Waals surface area contributed by atoms with Crippen molar-refractivity contribution in [3.8, 4) is 0 Å². The molecule has 0 aliphatic carbocycles. The summed E-state index contributed by atoms with van der Waals surface area (Å²) in [4.78, 5) is 9.92. The van der Waals surface area contributed by atoms with E-state index in [1.165, 1.54) is 11.6 Å². The van der Waals surface area contributed by atoms with Gasteiger partial charge in [0.15, 0.2) is 0 Å². The van der Waals surface area contributed by atoms with Crippen LogP contribution in [-0.2, 0) is 10.5 Å². The van der Waals surface area contributed by atoms with E-state index in [-0.39, 0.29) is 0 Å². The van der Waals surface area contributed by atoms with E-state index in [0.29, 0.717) is 0 Å². The van der Waals surface area contributed by atoms with Gasteiger partial charge in [-0.1, -0.05) is 30.3 Å². The summed E-state index contributed by atoms with van der Waals surface area (Å²) in [7, 11) is 0. The molecule has 0 N–H and O–H groups in total. The van der Waals surface area contributed by atoms with Crippen molar-refractivity contribution in [1.29, 1.82) is 0 Å². The molecule has 62 valence electrons. The van der Waals surface area contributed by atoms with Gasteiger partial charge in [0, 0.05) is 5.75 Å². The molecule has 0 saturated carbocycles. The Kier molecular flexibility index (Phi) is 4.24. The Morgan fingerprint density at radius 2 is 2.00 bits per heavy atom. The standard InChI is InChI=1S/C10H10OS/c11-7-4-8-12-9-10-5-2-1-3-6-10/h1-8H,9H2/b8-4+. The summed E-state index contributed by atoms with van der Waals surface area (Å²) in [6, 6.07) is 10.2. The molecule has 0 aromatic heterocycles. The molecule has 0 spiro atoms. The van der Waals surface area contributed by atoms with Crippen LogP contribution in [0.3, 0.4) is 0 Å². The molecule has 0 unspecified atom stereocenters. The van der Waals surface area contributed by atoms with E-state index < -0.39 is 0 Å². The maximum atomic E-state index is 9.92. The summed E-state index contributed by atoms with van der Waals surface area (Å²) in [5, 5.41) is 1.81. The van der Waals surface area contributed by atoms with Crippen LogP contribution < -0.4 is 0 Å². The lowest BCUT2D eigenvalue weighted by Gasteiger charge is -1.94. The van der Waals surface area contributed by atoms with E-state index in [9.17, 15) is 4.79 Å². The van der Waals surface area contributed by atoms with E-state index in [4.69, 9.17) is 0 Å². The molecule has 2 heteroatoms. The first-order valence-corrected chi connectivity index (χ1v) is 4.74. The van der Waals surface area contributed by atoms with E-state index in [0.717, 1.165) is 12.0 Å². The molecular weight excluding hydrogens is 168 g/mol. The zero-order valence-electron chi connectivity index (χ0n) is 6.64. The van der Waals surface area contributed by atoms with Gasteiger partial charge in [0.1, 0.15) is 6.29 Å². The van der Waals surface area contributed by atoms with Crippen LogP contribution in [-0.4, -0.2) is 6.29 Å². The monoisotopic (exact) mass is 178 g/mol. The quantitative estimate of drug-likeness (QED) is 0.521. The van der Waals surface area contributed by atoms with Crippen LogP contribution in [0, 0.1) is 0 Å². The minimum Gasteiger partial charge on any atom is -0.299 e. The van der Waals surface area contributed by atoms with Crippen molar-refractivity contribution in [2.24, 2.45) is 0 Å². The van der Waals surface area contributed by atoms with E-state index in [1.54, 1.807) is 17.2 Å². The maximum Gasteiger partial charge on any atom is 0.143 e. The zero-order chi connectivity index (χ0) is 8.65. The molecule has 12 heavy (non-hydrogen) atoms. The lowest BCUT2D eigenvalue weighted by atomic mass is 10.2. The third-order valence-corrected chi connectivity index (χ3v) is 2.20. The number of carbonyl (C=O) groups is 1. The molecular formula is C10H10OS. The largest absolute Gasteiger partial charge is 0.299 e. The maximum absolute atomic E-state index is 9.92. The topological polar surface area (TPSA) is 17.1 Å². The molecule has 0 fully saturated rings. The molecule has 0 radical (unpaired) electrons. The number of hydrogen-bond donors (Lipinski definition) is 0. The molecule has 0 bridgehead atoms. The number of rotatable bonds is 4. The SMILES string of the molecule is O=C/C=C/SCc1ccccc1. The fourth-order valence-electron chi connectivity index (χ4n) is 0.806. The van der Waals surface area contributed by atoms with Gasteiger partial charge < -0.3 is 0 Å². The van der Waals surface area contributed by atoms with Crippen LogP contribution in [0.1, 0.15) is 5.56 Å². The molecule has 0 heterocycles. The first-order chi connectivity index (χ1) is 5.93. The summed E-state index contributed by atoms with van der Waals surface area (Å²) in [6.45, 7) is 0. The van der Waals surface area contributed by atoms with Crippen molar-refractivity contribution in [2.75, 3.05) is 0 Å². The van der Waals surface area contributed by atoms with Gasteiger partial charge in [-0.3, -0.25) is 4.79 Å². The van der Waals surface area contributed by atoms with Gasteiger partial charge in [0.05, 0.1) is 0 Å². The molecule has 1 nitrogen and oxygen atoms in total. The Morgan fingerprint density at radius 1 is 1.25 bits per heavy atom. The molecule has 1 aromatic rings. The summed E-state index contributed by atoms with van der Waals surface area (Å²) >= 11 is 1.62. The number of hydrogen-bond acceptors (Lipinski definition) is 2. The molecule has 0 atom stereocenters. The second-order valence-corrected chi connectivity index (χ2v) is 3.16. The summed E-state index contributed by atoms with van der Waals surface area (Å²) in [5.74, 6) is 0.922. The smallest absolute Gasteiger partial charge is 0.143 e. The molecule has 0 aliphatic heterocycles. The first kappa shape index (κ1) is 9.07. The van der Waals surface area contributed by atoms with Gasteiger partial charge >= 0.3 is 0 Å². The van der Waals surface area contributed by atoms with Gasteiger partial charge in [-0.2, -0.15) is 0 Å². The Balaban J connectivity index is 2.33. The van der Waals surface area contributed by atoms with Crippen molar-refractivity contribution >= 4 is 18.0 Å². The fraction of sp³-hybridized carbons (Fsp3) is 0.100. The van der Waals surface area contributed by atoms with E-state index in [1.807, 2.05) is 18.2 Å². The fourth-order valence-corrected chi connectivity index (χ4v) is 1.46. The number of carbonyl (C=O) groups excluding carboxylic acids is 1. The van der Waals surface area contributed by atoms with Crippen LogP contribution in [0.25, 0.3) is 0 Å². The number of thioether (sulfide) groups is 1. The van der Waals surface area contributed by atoms with Gasteiger partial charge in [0.25, 0.3) is 0 Å². The third kappa shape index (κ3) is 3.39. The normalized spacial score (nSPS) is 10.3. The van der Waals surface area contributed by atoms with Crippen LogP contribution in [0.5, 0.6) is 0 Å². The second-order valence-electron chi connectivity index (χ2n) is 2.26.